The van der Waals surface area contributed by atoms with Crippen LogP contribution in [0.3, 0.4) is 0 Å². The third-order valence-electron chi connectivity index (χ3n) is 1.89. The SMILES string of the molecule is O=Cc1cc(O)ccc1-n1cccn1. The average Bonchev–Trinajstić information content (AvgIpc) is 2.70. The standard InChI is InChI=1S/C10H8N2O2/c13-7-8-6-9(14)2-3-10(8)12-5-1-4-11-12/h1-7,14H. The number of hydrogen-bond acceptors (Lipinski definition) is 3. The summed E-state index contributed by atoms with van der Waals surface area (Å²) in [4.78, 5) is 10.7. The number of benzene rings is 1. The summed E-state index contributed by atoms with van der Waals surface area (Å²) in [5, 5.41) is 13.2. The Morgan fingerprint density at radius 3 is 2.93 bits per heavy atom. The molecule has 0 amide bonds. The fraction of sp³-hybridized carbons (Fsp3) is 0. The summed E-state index contributed by atoms with van der Waals surface area (Å²) in [6.07, 6.45) is 4.05. The fourth-order valence-electron chi connectivity index (χ4n) is 1.26. The van der Waals surface area contributed by atoms with Crippen molar-refractivity contribution in [2.24, 2.45) is 0 Å². The van der Waals surface area contributed by atoms with Crippen LogP contribution in [0.4, 0.5) is 0 Å². The molecule has 1 N–H and O–H groups in total. The third-order valence-corrected chi connectivity index (χ3v) is 1.89. The molecule has 0 aliphatic rings. The number of rotatable bonds is 2. The van der Waals surface area contributed by atoms with Crippen molar-refractivity contribution in [1.29, 1.82) is 0 Å². The third kappa shape index (κ3) is 1.37. The van der Waals surface area contributed by atoms with Gasteiger partial charge in [0.05, 0.1) is 5.69 Å². The van der Waals surface area contributed by atoms with Gasteiger partial charge >= 0.3 is 0 Å². The van der Waals surface area contributed by atoms with Gasteiger partial charge in [-0.15, -0.1) is 0 Å². The summed E-state index contributed by atoms with van der Waals surface area (Å²) in [6.45, 7) is 0. The summed E-state index contributed by atoms with van der Waals surface area (Å²) >= 11 is 0. The number of aromatic nitrogens is 2. The Hall–Kier alpha value is -2.10. The number of carbonyl (C=O) groups is 1. The first-order valence-electron chi connectivity index (χ1n) is 4.09. The molecule has 0 radical (unpaired) electrons. The van der Waals surface area contributed by atoms with Gasteiger partial charge in [0.1, 0.15) is 5.75 Å². The predicted octanol–water partition coefficient (Wildman–Crippen LogP) is 1.39. The topological polar surface area (TPSA) is 55.1 Å². The molecule has 70 valence electrons. The number of carbonyl (C=O) groups excluding carboxylic acids is 1. The summed E-state index contributed by atoms with van der Waals surface area (Å²) < 4.78 is 1.57. The van der Waals surface area contributed by atoms with Crippen LogP contribution in [-0.2, 0) is 0 Å². The molecule has 2 rings (SSSR count). The normalized spacial score (nSPS) is 10.0. The van der Waals surface area contributed by atoms with Crippen molar-refractivity contribution < 1.29 is 9.90 Å². The Kier molecular flexibility index (Phi) is 2.02. The summed E-state index contributed by atoms with van der Waals surface area (Å²) in [7, 11) is 0. The van der Waals surface area contributed by atoms with Crippen LogP contribution >= 0.6 is 0 Å². The second kappa shape index (κ2) is 3.33. The molecular weight excluding hydrogens is 180 g/mol. The molecule has 0 fully saturated rings. The molecule has 0 bridgehead atoms. The van der Waals surface area contributed by atoms with E-state index in [2.05, 4.69) is 5.10 Å². The molecule has 2 aromatic rings. The zero-order valence-electron chi connectivity index (χ0n) is 7.29. The van der Waals surface area contributed by atoms with E-state index in [4.69, 9.17) is 0 Å². The predicted molar refractivity (Wildman–Crippen MR) is 50.6 cm³/mol. The lowest BCUT2D eigenvalue weighted by molar-refractivity contribution is 0.112. The van der Waals surface area contributed by atoms with E-state index >= 15 is 0 Å². The molecular formula is C10H8N2O2. The van der Waals surface area contributed by atoms with E-state index in [0.29, 0.717) is 17.5 Å². The Morgan fingerprint density at radius 2 is 2.29 bits per heavy atom. The van der Waals surface area contributed by atoms with E-state index in [1.54, 1.807) is 29.2 Å². The second-order valence-electron chi connectivity index (χ2n) is 2.81. The van der Waals surface area contributed by atoms with E-state index in [0.717, 1.165) is 0 Å². The van der Waals surface area contributed by atoms with Gasteiger partial charge in [-0.1, -0.05) is 0 Å². The first kappa shape index (κ1) is 8.50. The fourth-order valence-corrected chi connectivity index (χ4v) is 1.26. The number of hydrogen-bond donors (Lipinski definition) is 1. The first-order chi connectivity index (χ1) is 6.81. The van der Waals surface area contributed by atoms with Crippen LogP contribution in [0.25, 0.3) is 5.69 Å². The van der Waals surface area contributed by atoms with Crippen molar-refractivity contribution in [3.63, 3.8) is 0 Å². The van der Waals surface area contributed by atoms with Crippen LogP contribution in [0.15, 0.2) is 36.7 Å². The van der Waals surface area contributed by atoms with E-state index in [9.17, 15) is 9.90 Å². The Labute approximate surface area is 80.4 Å². The molecule has 1 aromatic heterocycles. The molecule has 1 aromatic carbocycles. The largest absolute Gasteiger partial charge is 0.508 e. The van der Waals surface area contributed by atoms with Gasteiger partial charge in [0, 0.05) is 18.0 Å². The maximum atomic E-state index is 10.7. The molecule has 0 atom stereocenters. The summed E-state index contributed by atoms with van der Waals surface area (Å²) in [5.41, 5.74) is 1.07. The van der Waals surface area contributed by atoms with Crippen LogP contribution in [0, 0.1) is 0 Å². The maximum Gasteiger partial charge on any atom is 0.152 e. The van der Waals surface area contributed by atoms with Crippen LogP contribution in [0.5, 0.6) is 5.75 Å². The molecule has 0 saturated carbocycles. The van der Waals surface area contributed by atoms with Gasteiger partial charge in [0.2, 0.25) is 0 Å². The quantitative estimate of drug-likeness (QED) is 0.724. The van der Waals surface area contributed by atoms with Gasteiger partial charge in [-0.05, 0) is 24.3 Å². The van der Waals surface area contributed by atoms with E-state index in [-0.39, 0.29) is 5.75 Å². The minimum atomic E-state index is 0.0722. The lowest BCUT2D eigenvalue weighted by atomic mass is 10.2. The number of nitrogens with zero attached hydrogens (tertiary/aromatic N) is 2. The van der Waals surface area contributed by atoms with Crippen molar-refractivity contribution in [3.05, 3.63) is 42.2 Å². The van der Waals surface area contributed by atoms with Gasteiger partial charge < -0.3 is 5.11 Å². The highest BCUT2D eigenvalue weighted by Gasteiger charge is 2.04. The lowest BCUT2D eigenvalue weighted by Crippen LogP contribution is -1.98. The highest BCUT2D eigenvalue weighted by atomic mass is 16.3. The molecule has 0 aliphatic heterocycles. The molecule has 4 heteroatoms. The van der Waals surface area contributed by atoms with Crippen LogP contribution < -0.4 is 0 Å². The molecule has 1 heterocycles. The molecule has 4 nitrogen and oxygen atoms in total. The van der Waals surface area contributed by atoms with Gasteiger partial charge in [-0.2, -0.15) is 5.10 Å². The van der Waals surface area contributed by atoms with E-state index in [1.165, 1.54) is 12.1 Å². The van der Waals surface area contributed by atoms with Gasteiger partial charge in [0.25, 0.3) is 0 Å². The minimum Gasteiger partial charge on any atom is -0.508 e. The minimum absolute atomic E-state index is 0.0722. The van der Waals surface area contributed by atoms with Crippen LogP contribution in [0.2, 0.25) is 0 Å². The summed E-state index contributed by atoms with van der Waals surface area (Å²) in [6, 6.07) is 6.33. The van der Waals surface area contributed by atoms with Gasteiger partial charge in [-0.25, -0.2) is 4.68 Å². The van der Waals surface area contributed by atoms with Crippen LogP contribution in [-0.4, -0.2) is 21.2 Å². The van der Waals surface area contributed by atoms with Gasteiger partial charge in [-0.3, -0.25) is 4.79 Å². The zero-order valence-corrected chi connectivity index (χ0v) is 7.29. The summed E-state index contributed by atoms with van der Waals surface area (Å²) in [5.74, 6) is 0.0722. The van der Waals surface area contributed by atoms with Crippen molar-refractivity contribution in [2.45, 2.75) is 0 Å². The highest BCUT2D eigenvalue weighted by Crippen LogP contribution is 2.17. The molecule has 0 saturated heterocycles. The molecule has 0 aliphatic carbocycles. The Balaban J connectivity index is 2.58. The molecule has 0 unspecified atom stereocenters. The monoisotopic (exact) mass is 188 g/mol. The number of aldehydes is 1. The number of aromatic hydroxyl groups is 1. The van der Waals surface area contributed by atoms with Crippen molar-refractivity contribution in [1.82, 2.24) is 9.78 Å². The molecule has 0 spiro atoms. The number of phenols is 1. The molecule has 14 heavy (non-hydrogen) atoms. The average molecular weight is 188 g/mol. The second-order valence-corrected chi connectivity index (χ2v) is 2.81. The zero-order chi connectivity index (χ0) is 9.97. The lowest BCUT2D eigenvalue weighted by Gasteiger charge is -2.04. The van der Waals surface area contributed by atoms with Crippen LogP contribution in [0.1, 0.15) is 10.4 Å². The number of phenolic OH excluding ortho intramolecular Hbond substituents is 1. The van der Waals surface area contributed by atoms with Crippen molar-refractivity contribution in [2.75, 3.05) is 0 Å². The highest BCUT2D eigenvalue weighted by molar-refractivity contribution is 5.81. The van der Waals surface area contributed by atoms with Crippen molar-refractivity contribution in [3.8, 4) is 11.4 Å². The first-order valence-corrected chi connectivity index (χ1v) is 4.09. The Bertz CT molecular complexity index is 449. The van der Waals surface area contributed by atoms with Crippen molar-refractivity contribution >= 4 is 6.29 Å². The van der Waals surface area contributed by atoms with Gasteiger partial charge in [0.15, 0.2) is 6.29 Å². The van der Waals surface area contributed by atoms with E-state index in [1.807, 2.05) is 0 Å². The van der Waals surface area contributed by atoms with E-state index < -0.39 is 0 Å². The smallest absolute Gasteiger partial charge is 0.152 e. The Morgan fingerprint density at radius 1 is 1.43 bits per heavy atom. The maximum absolute atomic E-state index is 10.7.